The summed E-state index contributed by atoms with van der Waals surface area (Å²) < 4.78 is 0. The Morgan fingerprint density at radius 3 is 2.36 bits per heavy atom. The molecule has 0 unspecified atom stereocenters. The molecule has 0 radical (unpaired) electrons. The largest absolute Gasteiger partial charge is 0.283 e. The molecule has 0 spiro atoms. The molecule has 1 heterocycles. The van der Waals surface area contributed by atoms with Crippen molar-refractivity contribution < 1.29 is 0 Å². The van der Waals surface area contributed by atoms with Gasteiger partial charge in [0.1, 0.15) is 0 Å². The molecule has 0 aromatic heterocycles. The van der Waals surface area contributed by atoms with Crippen molar-refractivity contribution in [2.75, 3.05) is 0 Å². The molecule has 1 N–H and O–H groups in total. The SMILES string of the molecule is CC1=C(C)C(C)=C(C)NN=C1. The van der Waals surface area contributed by atoms with Gasteiger partial charge in [0.15, 0.2) is 0 Å². The molecular formula is C9H14N2. The van der Waals surface area contributed by atoms with Crippen LogP contribution >= 0.6 is 0 Å². The highest BCUT2D eigenvalue weighted by molar-refractivity contribution is 5.80. The lowest BCUT2D eigenvalue weighted by atomic mass is 10.0. The molecule has 2 heteroatoms. The van der Waals surface area contributed by atoms with E-state index in [0.29, 0.717) is 0 Å². The van der Waals surface area contributed by atoms with E-state index in [2.05, 4.69) is 31.3 Å². The number of hydrogen-bond donors (Lipinski definition) is 1. The van der Waals surface area contributed by atoms with Crippen LogP contribution in [0.5, 0.6) is 0 Å². The summed E-state index contributed by atoms with van der Waals surface area (Å²) in [6.45, 7) is 8.33. The maximum absolute atomic E-state index is 4.04. The van der Waals surface area contributed by atoms with E-state index in [1.807, 2.05) is 13.1 Å². The normalized spacial score (nSPS) is 18.5. The van der Waals surface area contributed by atoms with Crippen LogP contribution in [0.15, 0.2) is 27.5 Å². The molecule has 1 aliphatic heterocycles. The third kappa shape index (κ3) is 1.50. The molecule has 0 aromatic carbocycles. The van der Waals surface area contributed by atoms with Crippen LogP contribution in [0.3, 0.4) is 0 Å². The van der Waals surface area contributed by atoms with Crippen molar-refractivity contribution in [2.45, 2.75) is 27.7 Å². The fraction of sp³-hybridized carbons (Fsp3) is 0.444. The summed E-state index contributed by atoms with van der Waals surface area (Å²) in [5, 5.41) is 4.04. The minimum Gasteiger partial charge on any atom is -0.283 e. The van der Waals surface area contributed by atoms with Gasteiger partial charge in [0.25, 0.3) is 0 Å². The number of nitrogens with one attached hydrogen (secondary N) is 1. The highest BCUT2D eigenvalue weighted by Gasteiger charge is 2.03. The minimum atomic E-state index is 1.13. The molecule has 0 saturated carbocycles. The Morgan fingerprint density at radius 1 is 1.09 bits per heavy atom. The molecule has 0 bridgehead atoms. The summed E-state index contributed by atoms with van der Waals surface area (Å²) in [7, 11) is 0. The van der Waals surface area contributed by atoms with Gasteiger partial charge >= 0.3 is 0 Å². The molecule has 1 rings (SSSR count). The maximum atomic E-state index is 4.04. The van der Waals surface area contributed by atoms with Crippen molar-refractivity contribution in [1.29, 1.82) is 0 Å². The average Bonchev–Trinajstić information content (AvgIpc) is 2.07. The molecule has 0 saturated heterocycles. The standard InChI is InChI=1S/C9H14N2/c1-6-5-10-11-9(4)8(3)7(6)2/h5,11H,1-4H3. The quantitative estimate of drug-likeness (QED) is 0.562. The van der Waals surface area contributed by atoms with E-state index in [1.54, 1.807) is 0 Å². The van der Waals surface area contributed by atoms with Crippen molar-refractivity contribution in [3.63, 3.8) is 0 Å². The minimum absolute atomic E-state index is 1.13. The van der Waals surface area contributed by atoms with Gasteiger partial charge in [0.05, 0.1) is 6.21 Å². The number of hydrogen-bond acceptors (Lipinski definition) is 2. The Labute approximate surface area is 67.7 Å². The first-order valence-electron chi connectivity index (χ1n) is 3.77. The van der Waals surface area contributed by atoms with Gasteiger partial charge in [0.2, 0.25) is 0 Å². The van der Waals surface area contributed by atoms with Gasteiger partial charge in [-0.15, -0.1) is 0 Å². The Kier molecular flexibility index (Phi) is 2.13. The lowest BCUT2D eigenvalue weighted by Gasteiger charge is -2.04. The van der Waals surface area contributed by atoms with Crippen molar-refractivity contribution in [1.82, 2.24) is 5.43 Å². The highest BCUT2D eigenvalue weighted by Crippen LogP contribution is 2.17. The molecule has 0 amide bonds. The first kappa shape index (κ1) is 8.05. The van der Waals surface area contributed by atoms with Crippen LogP contribution in [0.1, 0.15) is 27.7 Å². The van der Waals surface area contributed by atoms with E-state index in [4.69, 9.17) is 0 Å². The number of nitrogens with zero attached hydrogens (tertiary/aromatic N) is 1. The zero-order valence-electron chi connectivity index (χ0n) is 7.52. The number of hydrazone groups is 1. The zero-order valence-corrected chi connectivity index (χ0v) is 7.52. The Balaban J connectivity index is 3.15. The molecular weight excluding hydrogens is 136 g/mol. The predicted molar refractivity (Wildman–Crippen MR) is 48.4 cm³/mol. The Hall–Kier alpha value is -1.05. The second-order valence-electron chi connectivity index (χ2n) is 2.93. The van der Waals surface area contributed by atoms with Crippen LogP contribution < -0.4 is 5.43 Å². The van der Waals surface area contributed by atoms with E-state index in [1.165, 1.54) is 16.7 Å². The van der Waals surface area contributed by atoms with Crippen molar-refractivity contribution in [3.8, 4) is 0 Å². The van der Waals surface area contributed by atoms with E-state index >= 15 is 0 Å². The van der Waals surface area contributed by atoms with Gasteiger partial charge < -0.3 is 0 Å². The molecule has 11 heavy (non-hydrogen) atoms. The first-order chi connectivity index (χ1) is 5.13. The summed E-state index contributed by atoms with van der Waals surface area (Å²) in [6.07, 6.45) is 1.86. The van der Waals surface area contributed by atoms with Gasteiger partial charge in [0, 0.05) is 5.70 Å². The lowest BCUT2D eigenvalue weighted by molar-refractivity contribution is 0.880. The third-order valence-electron chi connectivity index (χ3n) is 2.21. The van der Waals surface area contributed by atoms with Crippen LogP contribution in [0.4, 0.5) is 0 Å². The summed E-state index contributed by atoms with van der Waals surface area (Å²) in [4.78, 5) is 0. The Morgan fingerprint density at radius 2 is 1.73 bits per heavy atom. The zero-order chi connectivity index (χ0) is 8.43. The molecule has 60 valence electrons. The summed E-state index contributed by atoms with van der Waals surface area (Å²) >= 11 is 0. The van der Waals surface area contributed by atoms with Gasteiger partial charge in [-0.05, 0) is 44.4 Å². The van der Waals surface area contributed by atoms with Gasteiger partial charge in [-0.25, -0.2) is 0 Å². The van der Waals surface area contributed by atoms with E-state index < -0.39 is 0 Å². The lowest BCUT2D eigenvalue weighted by Crippen LogP contribution is -2.02. The Bertz CT molecular complexity index is 257. The van der Waals surface area contributed by atoms with Crippen molar-refractivity contribution in [2.24, 2.45) is 5.10 Å². The molecule has 0 aliphatic carbocycles. The van der Waals surface area contributed by atoms with Crippen LogP contribution in [0.25, 0.3) is 0 Å². The predicted octanol–water partition coefficient (Wildman–Crippen LogP) is 2.21. The molecule has 2 nitrogen and oxygen atoms in total. The fourth-order valence-corrected chi connectivity index (χ4v) is 0.984. The van der Waals surface area contributed by atoms with Gasteiger partial charge in [-0.3, -0.25) is 5.43 Å². The number of rotatable bonds is 0. The van der Waals surface area contributed by atoms with Crippen molar-refractivity contribution in [3.05, 3.63) is 22.4 Å². The van der Waals surface area contributed by atoms with Crippen LogP contribution in [-0.4, -0.2) is 6.21 Å². The van der Waals surface area contributed by atoms with Gasteiger partial charge in [-0.2, -0.15) is 5.10 Å². The monoisotopic (exact) mass is 150 g/mol. The summed E-state index contributed by atoms with van der Waals surface area (Å²) in [5.41, 5.74) is 7.93. The first-order valence-corrected chi connectivity index (χ1v) is 3.77. The maximum Gasteiger partial charge on any atom is 0.0504 e. The summed E-state index contributed by atoms with van der Waals surface area (Å²) in [6, 6.07) is 0. The molecule has 0 atom stereocenters. The summed E-state index contributed by atoms with van der Waals surface area (Å²) in [5.74, 6) is 0. The van der Waals surface area contributed by atoms with Crippen LogP contribution in [-0.2, 0) is 0 Å². The number of allylic oxidation sites excluding steroid dienone is 4. The third-order valence-corrected chi connectivity index (χ3v) is 2.21. The van der Waals surface area contributed by atoms with E-state index in [0.717, 1.165) is 5.70 Å². The highest BCUT2D eigenvalue weighted by atomic mass is 15.3. The fourth-order valence-electron chi connectivity index (χ4n) is 0.984. The molecule has 0 aromatic rings. The molecule has 1 aliphatic rings. The van der Waals surface area contributed by atoms with Gasteiger partial charge in [-0.1, -0.05) is 0 Å². The average molecular weight is 150 g/mol. The van der Waals surface area contributed by atoms with E-state index in [-0.39, 0.29) is 0 Å². The molecule has 0 fully saturated rings. The topological polar surface area (TPSA) is 24.4 Å². The van der Waals surface area contributed by atoms with Crippen molar-refractivity contribution >= 4 is 6.21 Å². The van der Waals surface area contributed by atoms with E-state index in [9.17, 15) is 0 Å². The second kappa shape index (κ2) is 2.91. The van der Waals surface area contributed by atoms with Crippen LogP contribution in [0, 0.1) is 0 Å². The second-order valence-corrected chi connectivity index (χ2v) is 2.93. The smallest absolute Gasteiger partial charge is 0.0504 e. The van der Waals surface area contributed by atoms with Crippen LogP contribution in [0.2, 0.25) is 0 Å².